The lowest BCUT2D eigenvalue weighted by atomic mass is 10.1. The van der Waals surface area contributed by atoms with E-state index in [0.29, 0.717) is 35.0 Å². The van der Waals surface area contributed by atoms with Crippen molar-refractivity contribution in [2.75, 3.05) is 0 Å². The third kappa shape index (κ3) is 10.3. The van der Waals surface area contributed by atoms with Crippen LogP contribution in [0.5, 0.6) is 0 Å². The van der Waals surface area contributed by atoms with Gasteiger partial charge < -0.3 is 0 Å². The largest absolute Gasteiger partial charge is 0.208 e. The summed E-state index contributed by atoms with van der Waals surface area (Å²) >= 11 is 10.3. The Balaban J connectivity index is 1.10. The molecule has 0 aromatic heterocycles. The summed E-state index contributed by atoms with van der Waals surface area (Å²) in [7, 11) is 0. The highest BCUT2D eigenvalue weighted by Gasteiger charge is 2.37. The zero-order valence-electron chi connectivity index (χ0n) is 43.5. The summed E-state index contributed by atoms with van der Waals surface area (Å²) in [5.41, 5.74) is 12.7. The summed E-state index contributed by atoms with van der Waals surface area (Å²) in [6.07, 6.45) is 0. The van der Waals surface area contributed by atoms with Crippen LogP contribution >= 0.6 is 70.6 Å². The zero-order valence-corrected chi connectivity index (χ0v) is 48.4. The van der Waals surface area contributed by atoms with E-state index in [1.807, 2.05) is 0 Å². The van der Waals surface area contributed by atoms with Gasteiger partial charge in [0.05, 0.1) is 0 Å². The van der Waals surface area contributed by atoms with Crippen LogP contribution in [0.25, 0.3) is 0 Å². The maximum Gasteiger partial charge on any atom is 0.166 e. The molecule has 0 amide bonds. The predicted octanol–water partition coefficient (Wildman–Crippen LogP) is 18.4. The Bertz CT molecular complexity index is 3650. The molecule has 4 aliphatic heterocycles. The monoisotopic (exact) mass is 1120 g/mol. The van der Waals surface area contributed by atoms with E-state index in [1.54, 1.807) is 70.6 Å². The molecule has 13 rings (SSSR count). The third-order valence-corrected chi connectivity index (χ3v) is 19.9. The van der Waals surface area contributed by atoms with E-state index >= 15 is 0 Å². The Morgan fingerprint density at radius 1 is 0.179 bits per heavy atom. The average Bonchev–Trinajstić information content (AvgIpc) is 4.34. The number of aliphatic imine (C=N–C) groups is 6. The SMILES string of the molecule is Cc1ccc(Sc2ccc(Sc3ccc(C)cc3)c3c2C2=NC3=NC3=NC(=NC4=NC(=N2)c2c(Sc5ccc(C)cc5)ccc(Sc5ccc(C)cc5)c24)c2c(Sc4ccc(C)cc4)ccc(Sc4ccc(C)cc4)c23)cc1. The Labute approximate surface area is 480 Å². The molecule has 4 aliphatic rings. The van der Waals surface area contributed by atoms with Gasteiger partial charge in [0.15, 0.2) is 35.0 Å². The van der Waals surface area contributed by atoms with Crippen LogP contribution in [-0.2, 0) is 0 Å². The quantitative estimate of drug-likeness (QED) is 0.121. The third-order valence-electron chi connectivity index (χ3n) is 13.5. The molecule has 0 spiro atoms. The van der Waals surface area contributed by atoms with E-state index in [4.69, 9.17) is 30.0 Å². The molecule has 0 N–H and O–H groups in total. The van der Waals surface area contributed by atoms with Crippen LogP contribution in [0.4, 0.5) is 0 Å². The fraction of sp³-hybridized carbons (Fsp3) is 0.0909. The Kier molecular flexibility index (Phi) is 13.9. The van der Waals surface area contributed by atoms with Gasteiger partial charge in [0.25, 0.3) is 0 Å². The number of hydrogen-bond acceptors (Lipinski definition) is 12. The molecule has 9 aromatic carbocycles. The lowest BCUT2D eigenvalue weighted by Crippen LogP contribution is -2.06. The van der Waals surface area contributed by atoms with Gasteiger partial charge >= 0.3 is 0 Å². The van der Waals surface area contributed by atoms with Gasteiger partial charge in [-0.2, -0.15) is 0 Å². The van der Waals surface area contributed by atoms with Gasteiger partial charge in [-0.1, -0.05) is 177 Å². The van der Waals surface area contributed by atoms with Crippen LogP contribution in [0.2, 0.25) is 0 Å². The Morgan fingerprint density at radius 2 is 0.308 bits per heavy atom. The lowest BCUT2D eigenvalue weighted by Gasteiger charge is -2.15. The summed E-state index contributed by atoms with van der Waals surface area (Å²) < 4.78 is 0. The minimum absolute atomic E-state index is 0.542. The summed E-state index contributed by atoms with van der Waals surface area (Å²) in [6, 6.07) is 65.5. The zero-order chi connectivity index (χ0) is 53.0. The molecule has 4 heterocycles. The molecule has 378 valence electrons. The van der Waals surface area contributed by atoms with E-state index < -0.39 is 0 Å². The second kappa shape index (κ2) is 21.4. The van der Waals surface area contributed by atoms with Gasteiger partial charge in [0.1, 0.15) is 0 Å². The number of hydrogen-bond donors (Lipinski definition) is 0. The van der Waals surface area contributed by atoms with Crippen molar-refractivity contribution < 1.29 is 0 Å². The summed E-state index contributed by atoms with van der Waals surface area (Å²) in [5, 5.41) is 0. The maximum absolute atomic E-state index is 5.68. The number of amidine groups is 6. The van der Waals surface area contributed by atoms with Crippen molar-refractivity contribution in [3.63, 3.8) is 0 Å². The summed E-state index contributed by atoms with van der Waals surface area (Å²) in [5.74, 6) is 3.25. The molecule has 0 radical (unpaired) electrons. The van der Waals surface area contributed by atoms with Crippen LogP contribution in [0.1, 0.15) is 66.8 Å². The van der Waals surface area contributed by atoms with E-state index in [0.717, 1.165) is 92.1 Å². The molecule has 6 bridgehead atoms. The van der Waals surface area contributed by atoms with Gasteiger partial charge in [-0.15, -0.1) is 0 Å². The van der Waals surface area contributed by atoms with Crippen molar-refractivity contribution in [1.29, 1.82) is 0 Å². The van der Waals surface area contributed by atoms with Gasteiger partial charge in [0, 0.05) is 92.1 Å². The molecule has 0 saturated heterocycles. The first-order chi connectivity index (χ1) is 38.0. The molecule has 12 heteroatoms. The molecular weight excluding hydrogens is 1070 g/mol. The Morgan fingerprint density at radius 3 is 0.436 bits per heavy atom. The number of rotatable bonds is 12. The molecule has 78 heavy (non-hydrogen) atoms. The van der Waals surface area contributed by atoms with E-state index in [1.165, 1.54) is 33.4 Å². The van der Waals surface area contributed by atoms with E-state index in [9.17, 15) is 0 Å². The second-order valence-electron chi connectivity index (χ2n) is 19.5. The minimum Gasteiger partial charge on any atom is -0.208 e. The van der Waals surface area contributed by atoms with Crippen molar-refractivity contribution in [3.8, 4) is 0 Å². The van der Waals surface area contributed by atoms with Crippen molar-refractivity contribution in [1.82, 2.24) is 0 Å². The van der Waals surface area contributed by atoms with Crippen LogP contribution in [0.3, 0.4) is 0 Å². The van der Waals surface area contributed by atoms with Crippen molar-refractivity contribution in [3.05, 3.63) is 249 Å². The van der Waals surface area contributed by atoms with Gasteiger partial charge in [-0.05, 0) is 151 Å². The fourth-order valence-electron chi connectivity index (χ4n) is 9.36. The van der Waals surface area contributed by atoms with Crippen molar-refractivity contribution in [2.24, 2.45) is 30.0 Å². The molecule has 0 fully saturated rings. The normalized spacial score (nSPS) is 13.8. The fourth-order valence-corrected chi connectivity index (χ4v) is 15.1. The van der Waals surface area contributed by atoms with Crippen molar-refractivity contribution >= 4 is 106 Å². The molecule has 9 aromatic rings. The van der Waals surface area contributed by atoms with E-state index in [2.05, 4.69) is 224 Å². The van der Waals surface area contributed by atoms with Crippen LogP contribution in [0, 0.1) is 41.5 Å². The molecule has 0 aliphatic carbocycles. The summed E-state index contributed by atoms with van der Waals surface area (Å²) in [6.45, 7) is 12.7. The highest BCUT2D eigenvalue weighted by Crippen LogP contribution is 2.48. The first-order valence-corrected chi connectivity index (χ1v) is 30.4. The molecule has 0 atom stereocenters. The van der Waals surface area contributed by atoms with E-state index in [-0.39, 0.29) is 0 Å². The first-order valence-electron chi connectivity index (χ1n) is 25.5. The van der Waals surface area contributed by atoms with Gasteiger partial charge in [0.2, 0.25) is 0 Å². The predicted molar refractivity (Wildman–Crippen MR) is 330 cm³/mol. The van der Waals surface area contributed by atoms with Crippen LogP contribution in [-0.4, -0.2) is 35.0 Å². The van der Waals surface area contributed by atoms with Crippen LogP contribution < -0.4 is 0 Å². The number of benzene rings is 9. The number of aryl methyl sites for hydroxylation is 6. The first kappa shape index (κ1) is 50.6. The number of nitrogens with zero attached hydrogens (tertiary/aromatic N) is 6. The number of fused-ring (bicyclic) bond motifs is 12. The molecule has 6 nitrogen and oxygen atoms in total. The van der Waals surface area contributed by atoms with Gasteiger partial charge in [-0.25, -0.2) is 30.0 Å². The highest BCUT2D eigenvalue weighted by atomic mass is 32.2. The maximum atomic E-state index is 5.68. The second-order valence-corrected chi connectivity index (χ2v) is 26.2. The molecule has 0 saturated carbocycles. The van der Waals surface area contributed by atoms with Crippen molar-refractivity contribution in [2.45, 2.75) is 100 Å². The van der Waals surface area contributed by atoms with Crippen LogP contribution in [0.15, 0.2) is 271 Å². The molecular formula is C66H48N6S6. The summed E-state index contributed by atoms with van der Waals surface area (Å²) in [4.78, 5) is 46.6. The standard InChI is InChI=1S/C66H48N6S6/c1-37-7-19-43(20-8-37)73-49-31-32-50(74-44-21-9-38(2)10-22-44)56-55(49)61-67-62(56)71-64-59-53(77-47-27-15-41(5)16-28-47)35-36-54(78-48-29-17-42(6)18-30-48)60(59)66(69-64)72-65-58-52(76-46-25-13-40(4)14-26-46)34-33-51(57(58)63(68-65)70-61)75-45-23-11-39(3)12-24-45/h7-36H,1-6H3. The molecule has 0 unspecified atom stereocenters. The minimum atomic E-state index is 0.542. The van der Waals surface area contributed by atoms with Gasteiger partial charge in [-0.3, -0.25) is 0 Å². The topological polar surface area (TPSA) is 74.2 Å². The highest BCUT2D eigenvalue weighted by molar-refractivity contribution is 8.01. The lowest BCUT2D eigenvalue weighted by molar-refractivity contribution is 1.27. The smallest absolute Gasteiger partial charge is 0.166 e. The average molecular weight is 1120 g/mol. The Hall–Kier alpha value is -6.90.